The van der Waals surface area contributed by atoms with E-state index in [2.05, 4.69) is 70.2 Å². The molecule has 180 valence electrons. The molecule has 2 unspecified atom stereocenters. The van der Waals surface area contributed by atoms with Crippen LogP contribution >= 0.6 is 15.8 Å². The lowest BCUT2D eigenvalue weighted by Gasteiger charge is -2.45. The monoisotopic (exact) mass is 490 g/mol. The number of hydrogen-bond donors (Lipinski definition) is 0. The Morgan fingerprint density at radius 1 is 0.824 bits per heavy atom. The zero-order valence-corrected chi connectivity index (χ0v) is 23.2. The van der Waals surface area contributed by atoms with Gasteiger partial charge in [0.2, 0.25) is 0 Å². The van der Waals surface area contributed by atoms with Crippen LogP contribution in [0.1, 0.15) is 79.1 Å². The van der Waals surface area contributed by atoms with Crippen LogP contribution in [0, 0.1) is 11.3 Å². The maximum Gasteiger partial charge on any atom is 0.0642 e. The van der Waals surface area contributed by atoms with Gasteiger partial charge in [0, 0.05) is 23.5 Å². The topological polar surface area (TPSA) is 25.8 Å². The van der Waals surface area contributed by atoms with Gasteiger partial charge < -0.3 is 0 Å². The highest BCUT2D eigenvalue weighted by molar-refractivity contribution is 7.68. The molecule has 1 spiro atoms. The van der Waals surface area contributed by atoms with Gasteiger partial charge in [0.05, 0.1) is 10.9 Å². The summed E-state index contributed by atoms with van der Waals surface area (Å²) in [6, 6.07) is 13.2. The van der Waals surface area contributed by atoms with Crippen molar-refractivity contribution in [1.29, 1.82) is 0 Å². The fraction of sp³-hybridized carbons (Fsp3) is 0.600. The lowest BCUT2D eigenvalue weighted by molar-refractivity contribution is 0.258. The van der Waals surface area contributed by atoms with Gasteiger partial charge in [-0.05, 0) is 101 Å². The normalized spacial score (nSPS) is 29.8. The lowest BCUT2D eigenvalue weighted by atomic mass is 9.76. The molecule has 3 atom stereocenters. The van der Waals surface area contributed by atoms with Crippen molar-refractivity contribution in [2.45, 2.75) is 101 Å². The molecule has 0 radical (unpaired) electrons. The minimum Gasteiger partial charge on any atom is -0.257 e. The number of aromatic nitrogens is 2. The van der Waals surface area contributed by atoms with E-state index in [1.165, 1.54) is 62.2 Å². The average molecular weight is 491 g/mol. The van der Waals surface area contributed by atoms with Crippen molar-refractivity contribution in [2.24, 2.45) is 11.3 Å². The Labute approximate surface area is 209 Å². The van der Waals surface area contributed by atoms with Gasteiger partial charge in [-0.1, -0.05) is 64.3 Å². The molecule has 7 rings (SSSR count). The standard InChI is InChI=1S/C30H40N2P2/c1-28(2,33(23-11-5-6-12-23)25-13-7-9-17-31-25)15-16-29(3,4)34(26-14-8-10-18-32-26)27-22-19-30(20-22)21-24(27)30/h7-10,13-14,17-18,21-23,27H,5-6,11-12,15-16,19-20H2,1-4H3/t22?,27-,30?,33?,34?/m0/s1. The first-order valence-electron chi connectivity index (χ1n) is 13.4. The first kappa shape index (κ1) is 23.3. The summed E-state index contributed by atoms with van der Waals surface area (Å²) >= 11 is 0. The summed E-state index contributed by atoms with van der Waals surface area (Å²) < 4.78 is 0. The molecule has 5 aliphatic carbocycles. The highest BCUT2D eigenvalue weighted by Crippen LogP contribution is 2.80. The highest BCUT2D eigenvalue weighted by Gasteiger charge is 2.68. The smallest absolute Gasteiger partial charge is 0.0642 e. The van der Waals surface area contributed by atoms with Crippen molar-refractivity contribution in [3.63, 3.8) is 0 Å². The third-order valence-corrected chi connectivity index (χ3v) is 16.4. The number of rotatable bonds is 9. The molecule has 4 heteroatoms. The Kier molecular flexibility index (Phi) is 5.82. The van der Waals surface area contributed by atoms with Crippen LogP contribution in [0.5, 0.6) is 0 Å². The lowest BCUT2D eigenvalue weighted by Crippen LogP contribution is -2.36. The van der Waals surface area contributed by atoms with Crippen LogP contribution < -0.4 is 10.9 Å². The van der Waals surface area contributed by atoms with Crippen LogP contribution in [0.2, 0.25) is 0 Å². The zero-order valence-electron chi connectivity index (χ0n) is 21.4. The highest BCUT2D eigenvalue weighted by atomic mass is 31.1. The summed E-state index contributed by atoms with van der Waals surface area (Å²) in [5.41, 5.74) is 6.82. The molecule has 2 aromatic heterocycles. The van der Waals surface area contributed by atoms with Gasteiger partial charge in [-0.25, -0.2) is 0 Å². The Bertz CT molecular complexity index is 1050. The first-order chi connectivity index (χ1) is 16.3. The molecule has 2 heterocycles. The molecule has 0 N–H and O–H groups in total. The van der Waals surface area contributed by atoms with Gasteiger partial charge in [0.15, 0.2) is 0 Å². The van der Waals surface area contributed by atoms with Crippen LogP contribution in [0.25, 0.3) is 0 Å². The van der Waals surface area contributed by atoms with E-state index in [1.54, 1.807) is 0 Å². The molecule has 5 aliphatic rings. The van der Waals surface area contributed by atoms with Gasteiger partial charge in [-0.3, -0.25) is 9.97 Å². The Morgan fingerprint density at radius 3 is 1.85 bits per heavy atom. The van der Waals surface area contributed by atoms with Crippen LogP contribution in [-0.2, 0) is 0 Å². The van der Waals surface area contributed by atoms with E-state index >= 15 is 0 Å². The predicted molar refractivity (Wildman–Crippen MR) is 148 cm³/mol. The Hall–Kier alpha value is -1.10. The second kappa shape index (κ2) is 8.49. The van der Waals surface area contributed by atoms with Crippen molar-refractivity contribution < 1.29 is 0 Å². The third-order valence-electron chi connectivity index (χ3n) is 9.35. The predicted octanol–water partition coefficient (Wildman–Crippen LogP) is 7.39. The maximum atomic E-state index is 4.98. The summed E-state index contributed by atoms with van der Waals surface area (Å²) in [7, 11) is -0.595. The molecular weight excluding hydrogens is 450 g/mol. The molecule has 0 aliphatic heterocycles. The van der Waals surface area contributed by atoms with E-state index in [0.29, 0.717) is 10.6 Å². The SMILES string of the molecule is CC(C)(CCC(C)(C)P(c1ccccn1)[C@@H]1C2=CC23CC1C3)P(c1ccccn1)C1CCCC1. The van der Waals surface area contributed by atoms with Gasteiger partial charge in [0.1, 0.15) is 0 Å². The van der Waals surface area contributed by atoms with Gasteiger partial charge in [-0.15, -0.1) is 0 Å². The second-order valence-corrected chi connectivity index (χ2v) is 18.7. The summed E-state index contributed by atoms with van der Waals surface area (Å²) in [5, 5.41) is 0.591. The number of pyridine rings is 2. The molecule has 4 saturated carbocycles. The van der Waals surface area contributed by atoms with Crippen molar-refractivity contribution in [3.05, 3.63) is 60.4 Å². The van der Waals surface area contributed by atoms with Gasteiger partial charge in [-0.2, -0.15) is 0 Å². The fourth-order valence-corrected chi connectivity index (χ4v) is 14.9. The minimum absolute atomic E-state index is 0.270. The van der Waals surface area contributed by atoms with E-state index in [-0.39, 0.29) is 21.0 Å². The molecule has 2 aromatic rings. The van der Waals surface area contributed by atoms with Gasteiger partial charge >= 0.3 is 0 Å². The largest absolute Gasteiger partial charge is 0.257 e. The molecule has 0 aromatic carbocycles. The number of allylic oxidation sites excluding steroid dienone is 2. The number of nitrogens with zero attached hydrogens (tertiary/aromatic N) is 2. The van der Waals surface area contributed by atoms with E-state index < -0.39 is 0 Å². The third kappa shape index (κ3) is 3.92. The van der Waals surface area contributed by atoms with Crippen molar-refractivity contribution in [2.75, 3.05) is 0 Å². The minimum atomic E-state index is -0.325. The van der Waals surface area contributed by atoms with Crippen LogP contribution in [0.15, 0.2) is 60.4 Å². The molecule has 34 heavy (non-hydrogen) atoms. The quantitative estimate of drug-likeness (QED) is 0.271. The van der Waals surface area contributed by atoms with Crippen molar-refractivity contribution in [1.82, 2.24) is 9.97 Å². The molecule has 0 amide bonds. The average Bonchev–Trinajstić information content (AvgIpc) is 3.05. The Balaban J connectivity index is 1.26. The summed E-state index contributed by atoms with van der Waals surface area (Å²) in [6.07, 6.45) is 17.7. The van der Waals surface area contributed by atoms with Gasteiger partial charge in [0.25, 0.3) is 0 Å². The molecular formula is C30H40N2P2. The van der Waals surface area contributed by atoms with Crippen molar-refractivity contribution in [3.8, 4) is 0 Å². The van der Waals surface area contributed by atoms with Crippen LogP contribution in [0.3, 0.4) is 0 Å². The summed E-state index contributed by atoms with van der Waals surface area (Å²) in [5.74, 6) is 0.921. The summed E-state index contributed by atoms with van der Waals surface area (Å²) in [4.78, 5) is 9.91. The van der Waals surface area contributed by atoms with E-state index in [0.717, 1.165) is 17.2 Å². The zero-order chi connectivity index (χ0) is 23.6. The van der Waals surface area contributed by atoms with E-state index in [4.69, 9.17) is 9.97 Å². The molecule has 2 bridgehead atoms. The first-order valence-corrected chi connectivity index (χ1v) is 16.3. The molecule has 4 fully saturated rings. The van der Waals surface area contributed by atoms with E-state index in [1.807, 2.05) is 18.0 Å². The van der Waals surface area contributed by atoms with Crippen molar-refractivity contribution >= 4 is 26.7 Å². The number of hydrogen-bond acceptors (Lipinski definition) is 2. The van der Waals surface area contributed by atoms with Crippen LogP contribution in [-0.4, -0.2) is 31.6 Å². The fourth-order valence-electron chi connectivity index (χ4n) is 7.53. The van der Waals surface area contributed by atoms with E-state index in [9.17, 15) is 0 Å². The molecule has 2 nitrogen and oxygen atoms in total. The second-order valence-electron chi connectivity index (χ2n) is 12.5. The maximum absolute atomic E-state index is 4.98. The van der Waals surface area contributed by atoms with Crippen LogP contribution in [0.4, 0.5) is 0 Å². The summed E-state index contributed by atoms with van der Waals surface area (Å²) in [6.45, 7) is 10.3. The Morgan fingerprint density at radius 2 is 1.38 bits per heavy atom. The molecule has 0 saturated heterocycles.